The van der Waals surface area contributed by atoms with E-state index in [4.69, 9.17) is 10.5 Å². The second kappa shape index (κ2) is 5.19. The number of halogens is 1. The first kappa shape index (κ1) is 13.8. The fourth-order valence-electron chi connectivity index (χ4n) is 2.42. The fraction of sp³-hybridized carbons (Fsp3) is 0.533. The number of esters is 1. The summed E-state index contributed by atoms with van der Waals surface area (Å²) >= 11 is 0. The van der Waals surface area contributed by atoms with E-state index in [0.29, 0.717) is 5.41 Å². The average Bonchev–Trinajstić information content (AvgIpc) is 2.35. The SMILES string of the molecule is CC1(C)CCC(OC(=O)c2cccc(F)c2N)CC1. The van der Waals surface area contributed by atoms with E-state index in [2.05, 4.69) is 13.8 Å². The molecule has 1 aromatic carbocycles. The van der Waals surface area contributed by atoms with E-state index < -0.39 is 11.8 Å². The van der Waals surface area contributed by atoms with Crippen LogP contribution >= 0.6 is 0 Å². The van der Waals surface area contributed by atoms with Crippen LogP contribution in [-0.4, -0.2) is 12.1 Å². The highest BCUT2D eigenvalue weighted by Crippen LogP contribution is 2.36. The molecule has 1 aliphatic rings. The lowest BCUT2D eigenvalue weighted by Crippen LogP contribution is -2.28. The normalized spacial score (nSPS) is 19.1. The average molecular weight is 265 g/mol. The quantitative estimate of drug-likeness (QED) is 0.657. The Balaban J connectivity index is 2.00. The van der Waals surface area contributed by atoms with Crippen molar-refractivity contribution in [1.82, 2.24) is 0 Å². The summed E-state index contributed by atoms with van der Waals surface area (Å²) in [6.07, 6.45) is 3.69. The van der Waals surface area contributed by atoms with E-state index in [9.17, 15) is 9.18 Å². The minimum absolute atomic E-state index is 0.0804. The van der Waals surface area contributed by atoms with Crippen LogP contribution in [0.2, 0.25) is 0 Å². The standard InChI is InChI=1S/C15H20FNO2/c1-15(2)8-6-10(7-9-15)19-14(18)11-4-3-5-12(16)13(11)17/h3-5,10H,6-9,17H2,1-2H3. The molecule has 0 bridgehead atoms. The van der Waals surface area contributed by atoms with E-state index in [1.807, 2.05) is 0 Å². The fourth-order valence-corrected chi connectivity index (χ4v) is 2.42. The molecule has 19 heavy (non-hydrogen) atoms. The third-order valence-corrected chi connectivity index (χ3v) is 3.83. The smallest absolute Gasteiger partial charge is 0.340 e. The molecule has 2 rings (SSSR count). The molecule has 4 heteroatoms. The van der Waals surface area contributed by atoms with E-state index >= 15 is 0 Å². The van der Waals surface area contributed by atoms with Gasteiger partial charge in [-0.05, 0) is 43.2 Å². The van der Waals surface area contributed by atoms with Crippen LogP contribution < -0.4 is 5.73 Å². The molecule has 0 spiro atoms. The van der Waals surface area contributed by atoms with Gasteiger partial charge in [0.2, 0.25) is 0 Å². The lowest BCUT2D eigenvalue weighted by molar-refractivity contribution is 0.00959. The number of ether oxygens (including phenoxy) is 1. The van der Waals surface area contributed by atoms with Crippen LogP contribution in [0.4, 0.5) is 10.1 Å². The predicted molar refractivity (Wildman–Crippen MR) is 72.3 cm³/mol. The number of hydrogen-bond donors (Lipinski definition) is 1. The number of rotatable bonds is 2. The zero-order valence-electron chi connectivity index (χ0n) is 11.4. The second-order valence-electron chi connectivity index (χ2n) is 5.97. The molecule has 0 heterocycles. The molecule has 1 aromatic rings. The van der Waals surface area contributed by atoms with Gasteiger partial charge in [-0.2, -0.15) is 0 Å². The Labute approximate surface area is 112 Å². The molecule has 0 atom stereocenters. The number of carbonyl (C=O) groups excluding carboxylic acids is 1. The molecule has 0 amide bonds. The highest BCUT2D eigenvalue weighted by Gasteiger charge is 2.29. The van der Waals surface area contributed by atoms with E-state index in [1.165, 1.54) is 18.2 Å². The van der Waals surface area contributed by atoms with Gasteiger partial charge in [-0.25, -0.2) is 9.18 Å². The molecule has 0 saturated heterocycles. The Hall–Kier alpha value is -1.58. The van der Waals surface area contributed by atoms with Gasteiger partial charge < -0.3 is 10.5 Å². The maximum absolute atomic E-state index is 13.3. The summed E-state index contributed by atoms with van der Waals surface area (Å²) in [5.74, 6) is -1.11. The summed E-state index contributed by atoms with van der Waals surface area (Å²) in [5, 5.41) is 0. The Morgan fingerprint density at radius 2 is 2.00 bits per heavy atom. The first-order valence-corrected chi connectivity index (χ1v) is 6.64. The largest absolute Gasteiger partial charge is 0.459 e. The summed E-state index contributed by atoms with van der Waals surface area (Å²) in [6, 6.07) is 4.19. The highest BCUT2D eigenvalue weighted by atomic mass is 19.1. The molecule has 0 aliphatic heterocycles. The van der Waals surface area contributed by atoms with Gasteiger partial charge in [-0.15, -0.1) is 0 Å². The number of nitrogens with two attached hydrogens (primary N) is 1. The molecule has 1 aliphatic carbocycles. The van der Waals surface area contributed by atoms with Crippen LogP contribution in [-0.2, 0) is 4.74 Å². The van der Waals surface area contributed by atoms with E-state index in [1.54, 1.807) is 0 Å². The number of carbonyl (C=O) groups is 1. The molecule has 2 N–H and O–H groups in total. The zero-order chi connectivity index (χ0) is 14.0. The van der Waals surface area contributed by atoms with Crippen molar-refractivity contribution in [2.45, 2.75) is 45.6 Å². The van der Waals surface area contributed by atoms with Gasteiger partial charge in [0.1, 0.15) is 11.9 Å². The molecular formula is C15H20FNO2. The van der Waals surface area contributed by atoms with Crippen molar-refractivity contribution in [3.63, 3.8) is 0 Å². The van der Waals surface area contributed by atoms with Crippen LogP contribution in [0.3, 0.4) is 0 Å². The summed E-state index contributed by atoms with van der Waals surface area (Å²) in [5.41, 5.74) is 5.86. The third-order valence-electron chi connectivity index (χ3n) is 3.83. The van der Waals surface area contributed by atoms with Gasteiger partial charge in [-0.3, -0.25) is 0 Å². The van der Waals surface area contributed by atoms with E-state index in [0.717, 1.165) is 25.7 Å². The lowest BCUT2D eigenvalue weighted by atomic mass is 9.76. The summed E-state index contributed by atoms with van der Waals surface area (Å²) < 4.78 is 18.7. The number of benzene rings is 1. The number of nitrogen functional groups attached to an aromatic ring is 1. The van der Waals surface area contributed by atoms with Crippen molar-refractivity contribution >= 4 is 11.7 Å². The molecule has 3 nitrogen and oxygen atoms in total. The first-order chi connectivity index (χ1) is 8.89. The molecule has 104 valence electrons. The van der Waals surface area contributed by atoms with E-state index in [-0.39, 0.29) is 17.4 Å². The molecule has 0 aromatic heterocycles. The third kappa shape index (κ3) is 3.25. The van der Waals surface area contributed by atoms with Crippen LogP contribution in [0.5, 0.6) is 0 Å². The molecule has 1 fully saturated rings. The van der Waals surface area contributed by atoms with Gasteiger partial charge in [0.05, 0.1) is 11.3 Å². The van der Waals surface area contributed by atoms with Crippen molar-refractivity contribution in [1.29, 1.82) is 0 Å². The molecular weight excluding hydrogens is 245 g/mol. The number of anilines is 1. The second-order valence-corrected chi connectivity index (χ2v) is 5.97. The van der Waals surface area contributed by atoms with Crippen LogP contribution in [0, 0.1) is 11.2 Å². The Morgan fingerprint density at radius 3 is 2.63 bits per heavy atom. The van der Waals surface area contributed by atoms with Crippen molar-refractivity contribution < 1.29 is 13.9 Å². The Kier molecular flexibility index (Phi) is 3.78. The van der Waals surface area contributed by atoms with Crippen LogP contribution in [0.15, 0.2) is 18.2 Å². The minimum Gasteiger partial charge on any atom is -0.459 e. The number of hydrogen-bond acceptors (Lipinski definition) is 3. The van der Waals surface area contributed by atoms with Gasteiger partial charge in [0, 0.05) is 0 Å². The first-order valence-electron chi connectivity index (χ1n) is 6.64. The molecule has 1 saturated carbocycles. The van der Waals surface area contributed by atoms with Crippen LogP contribution in [0.1, 0.15) is 49.9 Å². The highest BCUT2D eigenvalue weighted by molar-refractivity contribution is 5.95. The van der Waals surface area contributed by atoms with Crippen molar-refractivity contribution in [2.24, 2.45) is 5.41 Å². The Bertz CT molecular complexity index is 475. The zero-order valence-corrected chi connectivity index (χ0v) is 11.4. The van der Waals surface area contributed by atoms with Gasteiger partial charge >= 0.3 is 5.97 Å². The molecule has 0 radical (unpaired) electrons. The van der Waals surface area contributed by atoms with Gasteiger partial charge in [0.25, 0.3) is 0 Å². The van der Waals surface area contributed by atoms with Crippen LogP contribution in [0.25, 0.3) is 0 Å². The predicted octanol–water partition coefficient (Wildman–Crippen LogP) is 3.53. The number of para-hydroxylation sites is 1. The van der Waals surface area contributed by atoms with Crippen molar-refractivity contribution in [3.05, 3.63) is 29.6 Å². The van der Waals surface area contributed by atoms with Crippen molar-refractivity contribution in [2.75, 3.05) is 5.73 Å². The maximum atomic E-state index is 13.3. The monoisotopic (exact) mass is 265 g/mol. The Morgan fingerprint density at radius 1 is 1.37 bits per heavy atom. The lowest BCUT2D eigenvalue weighted by Gasteiger charge is -2.33. The topological polar surface area (TPSA) is 52.3 Å². The van der Waals surface area contributed by atoms with Gasteiger partial charge in [-0.1, -0.05) is 19.9 Å². The minimum atomic E-state index is -0.584. The van der Waals surface area contributed by atoms with Crippen molar-refractivity contribution in [3.8, 4) is 0 Å². The summed E-state index contributed by atoms with van der Waals surface area (Å²) in [7, 11) is 0. The molecule has 0 unspecified atom stereocenters. The summed E-state index contributed by atoms with van der Waals surface area (Å²) in [4.78, 5) is 12.0. The maximum Gasteiger partial charge on any atom is 0.340 e. The summed E-state index contributed by atoms with van der Waals surface area (Å²) in [6.45, 7) is 4.44. The van der Waals surface area contributed by atoms with Gasteiger partial charge in [0.15, 0.2) is 0 Å².